The van der Waals surface area contributed by atoms with E-state index in [0.717, 1.165) is 5.56 Å². The van der Waals surface area contributed by atoms with Crippen LogP contribution in [0.4, 0.5) is 0 Å². The molecule has 1 aliphatic rings. The van der Waals surface area contributed by atoms with Crippen molar-refractivity contribution in [3.63, 3.8) is 0 Å². The molecular formula is C13H11NO3S. The van der Waals surface area contributed by atoms with E-state index in [-0.39, 0.29) is 16.5 Å². The van der Waals surface area contributed by atoms with E-state index >= 15 is 0 Å². The summed E-state index contributed by atoms with van der Waals surface area (Å²) in [6.45, 7) is 1.81. The average molecular weight is 261 g/mol. The van der Waals surface area contributed by atoms with Gasteiger partial charge in [0.25, 0.3) is 0 Å². The van der Waals surface area contributed by atoms with Crippen LogP contribution in [0, 0.1) is 6.92 Å². The lowest BCUT2D eigenvalue weighted by molar-refractivity contribution is 0.447. The molecule has 0 saturated heterocycles. The summed E-state index contributed by atoms with van der Waals surface area (Å²) in [7, 11) is -3.40. The van der Waals surface area contributed by atoms with Crippen molar-refractivity contribution in [1.29, 1.82) is 0 Å². The predicted octanol–water partition coefficient (Wildman–Crippen LogP) is 2.47. The topological polar surface area (TPSA) is 56.3 Å². The predicted molar refractivity (Wildman–Crippen MR) is 66.4 cm³/mol. The molecule has 1 aromatic carbocycles. The van der Waals surface area contributed by atoms with Crippen molar-refractivity contribution in [1.82, 2.24) is 4.98 Å². The highest BCUT2D eigenvalue weighted by atomic mass is 32.2. The highest BCUT2D eigenvalue weighted by Gasteiger charge is 2.27. The van der Waals surface area contributed by atoms with E-state index in [1.165, 1.54) is 0 Å². The van der Waals surface area contributed by atoms with Crippen LogP contribution in [0.25, 0.3) is 0 Å². The Morgan fingerprint density at radius 2 is 2.06 bits per heavy atom. The largest absolute Gasteiger partial charge is 0.437 e. The van der Waals surface area contributed by atoms with Crippen molar-refractivity contribution < 1.29 is 13.2 Å². The van der Waals surface area contributed by atoms with E-state index in [2.05, 4.69) is 4.98 Å². The molecule has 2 heterocycles. The van der Waals surface area contributed by atoms with Crippen LogP contribution in [0.2, 0.25) is 0 Å². The first kappa shape index (κ1) is 11.2. The van der Waals surface area contributed by atoms with Gasteiger partial charge in [-0.05, 0) is 24.6 Å². The van der Waals surface area contributed by atoms with Gasteiger partial charge in [-0.3, -0.25) is 0 Å². The average Bonchev–Trinajstić information content (AvgIpc) is 2.43. The van der Waals surface area contributed by atoms with E-state index in [9.17, 15) is 8.42 Å². The molecule has 0 unspecified atom stereocenters. The summed E-state index contributed by atoms with van der Waals surface area (Å²) in [6, 6.07) is 8.72. The normalized spacial score (nSPS) is 16.1. The Balaban J connectivity index is 2.28. The number of nitrogens with zero attached hydrogens (tertiary/aromatic N) is 1. The Bertz CT molecular complexity index is 723. The van der Waals surface area contributed by atoms with Crippen molar-refractivity contribution in [3.8, 4) is 11.6 Å². The second-order valence-corrected chi connectivity index (χ2v) is 6.24. The zero-order valence-electron chi connectivity index (χ0n) is 9.75. The SMILES string of the molecule is Cc1cnc2c(c1)S(=O)(=O)Cc1ccccc1O2. The minimum absolute atomic E-state index is 0.0543. The number of ether oxygens (including phenoxy) is 1. The number of fused-ring (bicyclic) bond motifs is 2. The van der Waals surface area contributed by atoms with E-state index < -0.39 is 9.84 Å². The minimum Gasteiger partial charge on any atom is -0.437 e. The molecule has 0 fully saturated rings. The van der Waals surface area contributed by atoms with Crippen molar-refractivity contribution in [2.75, 3.05) is 0 Å². The monoisotopic (exact) mass is 261 g/mol. The molecule has 0 bridgehead atoms. The molecule has 4 nitrogen and oxygen atoms in total. The maximum atomic E-state index is 12.3. The van der Waals surface area contributed by atoms with E-state index in [0.29, 0.717) is 11.3 Å². The Hall–Kier alpha value is -1.88. The Kier molecular flexibility index (Phi) is 2.38. The number of rotatable bonds is 0. The number of hydrogen-bond donors (Lipinski definition) is 0. The highest BCUT2D eigenvalue weighted by molar-refractivity contribution is 7.90. The fourth-order valence-corrected chi connectivity index (χ4v) is 3.47. The number of hydrogen-bond acceptors (Lipinski definition) is 4. The fraction of sp³-hybridized carbons (Fsp3) is 0.154. The van der Waals surface area contributed by atoms with Gasteiger partial charge in [0.15, 0.2) is 9.84 Å². The lowest BCUT2D eigenvalue weighted by Gasteiger charge is -2.06. The van der Waals surface area contributed by atoms with Crippen molar-refractivity contribution in [2.45, 2.75) is 17.6 Å². The Labute approximate surface area is 105 Å². The summed E-state index contributed by atoms with van der Waals surface area (Å²) in [5.41, 5.74) is 1.46. The van der Waals surface area contributed by atoms with Gasteiger partial charge in [0.1, 0.15) is 10.6 Å². The molecule has 3 rings (SSSR count). The smallest absolute Gasteiger partial charge is 0.238 e. The number of para-hydroxylation sites is 1. The first-order valence-corrected chi connectivity index (χ1v) is 7.17. The number of aromatic nitrogens is 1. The summed E-state index contributed by atoms with van der Waals surface area (Å²) < 4.78 is 30.2. The molecule has 92 valence electrons. The maximum Gasteiger partial charge on any atom is 0.238 e. The minimum atomic E-state index is -3.40. The zero-order valence-corrected chi connectivity index (χ0v) is 10.6. The van der Waals surface area contributed by atoms with Gasteiger partial charge in [-0.15, -0.1) is 0 Å². The molecule has 1 aromatic heterocycles. The van der Waals surface area contributed by atoms with Crippen molar-refractivity contribution >= 4 is 9.84 Å². The fourth-order valence-electron chi connectivity index (χ4n) is 1.94. The summed E-state index contributed by atoms with van der Waals surface area (Å²) in [5, 5.41) is 0. The van der Waals surface area contributed by atoms with Gasteiger partial charge in [-0.2, -0.15) is 0 Å². The maximum absolute atomic E-state index is 12.3. The highest BCUT2D eigenvalue weighted by Crippen LogP contribution is 2.36. The van der Waals surface area contributed by atoms with Crippen LogP contribution in [0.5, 0.6) is 11.6 Å². The number of benzene rings is 1. The quantitative estimate of drug-likeness (QED) is 0.731. The second-order valence-electron chi connectivity index (χ2n) is 4.28. The lowest BCUT2D eigenvalue weighted by atomic mass is 10.2. The van der Waals surface area contributed by atoms with Crippen molar-refractivity contribution in [3.05, 3.63) is 47.7 Å². The third kappa shape index (κ3) is 1.76. The van der Waals surface area contributed by atoms with E-state index in [4.69, 9.17) is 4.74 Å². The van der Waals surface area contributed by atoms with Gasteiger partial charge in [-0.1, -0.05) is 18.2 Å². The second kappa shape index (κ2) is 3.81. The van der Waals surface area contributed by atoms with Gasteiger partial charge in [0, 0.05) is 11.8 Å². The van der Waals surface area contributed by atoms with Crippen LogP contribution in [0.1, 0.15) is 11.1 Å². The van der Waals surface area contributed by atoms with Crippen LogP contribution in [-0.4, -0.2) is 13.4 Å². The number of sulfone groups is 1. The summed E-state index contributed by atoms with van der Waals surface area (Å²) in [4.78, 5) is 4.24. The lowest BCUT2D eigenvalue weighted by Crippen LogP contribution is -2.04. The number of pyridine rings is 1. The molecule has 0 N–H and O–H groups in total. The molecular weight excluding hydrogens is 250 g/mol. The van der Waals surface area contributed by atoms with Crippen LogP contribution in [0.3, 0.4) is 0 Å². The molecule has 0 saturated carbocycles. The van der Waals surface area contributed by atoms with E-state index in [1.807, 2.05) is 6.07 Å². The zero-order chi connectivity index (χ0) is 12.8. The molecule has 5 heteroatoms. The van der Waals surface area contributed by atoms with Crippen molar-refractivity contribution in [2.24, 2.45) is 0 Å². The third-order valence-corrected chi connectivity index (χ3v) is 4.47. The van der Waals surface area contributed by atoms with E-state index in [1.54, 1.807) is 37.4 Å². The van der Waals surface area contributed by atoms with Crippen LogP contribution < -0.4 is 4.74 Å². The molecule has 2 aromatic rings. The van der Waals surface area contributed by atoms with Crippen LogP contribution >= 0.6 is 0 Å². The molecule has 1 aliphatic heterocycles. The van der Waals surface area contributed by atoms with Gasteiger partial charge < -0.3 is 4.74 Å². The third-order valence-electron chi connectivity index (χ3n) is 2.81. The number of aryl methyl sites for hydroxylation is 1. The Morgan fingerprint density at radius 3 is 2.89 bits per heavy atom. The molecule has 18 heavy (non-hydrogen) atoms. The van der Waals surface area contributed by atoms with Gasteiger partial charge >= 0.3 is 0 Å². The molecule has 0 radical (unpaired) electrons. The molecule has 0 aliphatic carbocycles. The molecule has 0 amide bonds. The summed E-state index contributed by atoms with van der Waals surface area (Å²) >= 11 is 0. The Morgan fingerprint density at radius 1 is 1.28 bits per heavy atom. The van der Waals surface area contributed by atoms with Gasteiger partial charge in [0.2, 0.25) is 5.88 Å². The summed E-state index contributed by atoms with van der Waals surface area (Å²) in [5.74, 6) is 0.656. The van der Waals surface area contributed by atoms with Gasteiger partial charge in [-0.25, -0.2) is 13.4 Å². The summed E-state index contributed by atoms with van der Waals surface area (Å²) in [6.07, 6.45) is 1.60. The van der Waals surface area contributed by atoms with Crippen LogP contribution in [0.15, 0.2) is 41.4 Å². The van der Waals surface area contributed by atoms with Crippen LogP contribution in [-0.2, 0) is 15.6 Å². The van der Waals surface area contributed by atoms with Gasteiger partial charge in [0.05, 0.1) is 5.75 Å². The first-order chi connectivity index (χ1) is 8.56. The first-order valence-electron chi connectivity index (χ1n) is 5.51. The molecule has 0 atom stereocenters. The molecule has 0 spiro atoms. The standard InChI is InChI=1S/C13H11NO3S/c1-9-6-12-13(14-7-9)17-11-5-3-2-4-10(11)8-18(12,15)16/h2-7H,8H2,1H3.